The van der Waals surface area contributed by atoms with E-state index in [-0.39, 0.29) is 17.9 Å². The highest BCUT2D eigenvalue weighted by Gasteiger charge is 2.54. The van der Waals surface area contributed by atoms with Crippen molar-refractivity contribution in [3.8, 4) is 0 Å². The first-order valence-corrected chi connectivity index (χ1v) is 11.4. The Morgan fingerprint density at radius 3 is 2.33 bits per heavy atom. The van der Waals surface area contributed by atoms with Crippen molar-refractivity contribution in [3.05, 3.63) is 41.4 Å². The van der Waals surface area contributed by atoms with Crippen molar-refractivity contribution in [1.82, 2.24) is 9.62 Å². The van der Waals surface area contributed by atoms with Gasteiger partial charge in [-0.15, -0.1) is 0 Å². The molecule has 2 aromatic carbocycles. The Bertz CT molecular complexity index is 1130. The summed E-state index contributed by atoms with van der Waals surface area (Å²) in [5, 5.41) is 11.9. The molecule has 1 aliphatic rings. The second-order valence-electron chi connectivity index (χ2n) is 8.73. The monoisotopic (exact) mass is 452 g/mol. The Hall–Kier alpha value is -2.16. The molecule has 162 valence electrons. The molecule has 0 aromatic heterocycles. The number of hydrogen-bond donors (Lipinski definition) is 2. The second-order valence-corrected chi connectivity index (χ2v) is 10.9. The number of benzene rings is 2. The number of nitrogens with zero attached hydrogens (tertiary/aromatic N) is 1. The zero-order valence-electron chi connectivity index (χ0n) is 17.3. The normalized spacial score (nSPS) is 19.8. The molecule has 0 saturated carbocycles. The number of likely N-dealkylation sites (tertiary alicyclic amines) is 1. The summed E-state index contributed by atoms with van der Waals surface area (Å²) in [7, 11) is -3.98. The molecule has 0 radical (unpaired) electrons. The van der Waals surface area contributed by atoms with Gasteiger partial charge in [-0.1, -0.05) is 44.5 Å². The van der Waals surface area contributed by atoms with Crippen LogP contribution in [0.3, 0.4) is 0 Å². The van der Waals surface area contributed by atoms with E-state index < -0.39 is 38.9 Å². The molecule has 0 spiro atoms. The predicted molar refractivity (Wildman–Crippen MR) is 115 cm³/mol. The average Bonchev–Trinajstić information content (AvgIpc) is 2.99. The quantitative estimate of drug-likeness (QED) is 0.724. The average molecular weight is 453 g/mol. The largest absolute Gasteiger partial charge is 0.479 e. The van der Waals surface area contributed by atoms with Gasteiger partial charge in [-0.25, -0.2) is 13.2 Å². The second kappa shape index (κ2) is 7.51. The van der Waals surface area contributed by atoms with Crippen LogP contribution in [0.4, 0.5) is 0 Å². The molecular weight excluding hydrogens is 428 g/mol. The topological polar surface area (TPSA) is 104 Å². The van der Waals surface area contributed by atoms with Crippen molar-refractivity contribution >= 4 is 44.3 Å². The Kier molecular flexibility index (Phi) is 5.64. The first-order valence-electron chi connectivity index (χ1n) is 9.54. The number of aliphatic carboxylic acids is 1. The van der Waals surface area contributed by atoms with Gasteiger partial charge in [0.1, 0.15) is 11.6 Å². The van der Waals surface area contributed by atoms with Gasteiger partial charge in [0.15, 0.2) is 0 Å². The van der Waals surface area contributed by atoms with E-state index in [0.29, 0.717) is 10.4 Å². The molecule has 2 aromatic rings. The third-order valence-corrected chi connectivity index (χ3v) is 7.71. The lowest BCUT2D eigenvalue weighted by atomic mass is 9.73. The molecular formula is C21H25ClN2O5S. The Morgan fingerprint density at radius 1 is 1.13 bits per heavy atom. The maximum absolute atomic E-state index is 13.0. The van der Waals surface area contributed by atoms with Crippen LogP contribution in [0.5, 0.6) is 0 Å². The third kappa shape index (κ3) is 3.79. The minimum absolute atomic E-state index is 0.0281. The number of carbonyl (C=O) groups excluding carboxylic acids is 1. The standard InChI is InChI=1S/C21H25ClN2O5S/c1-20(2,3)21(4,19(26)27)24-10-9-17(18(24)25)23-30(28,29)16-8-6-13-11-15(22)7-5-14(13)12-16/h5-8,11-12,17,23H,9-10H2,1-4H3,(H,26,27)/t17-,21+/m0/s1. The molecule has 7 nitrogen and oxygen atoms in total. The number of carboxylic acids is 1. The summed E-state index contributed by atoms with van der Waals surface area (Å²) in [5.41, 5.74) is -2.21. The number of nitrogens with one attached hydrogen (secondary N) is 1. The van der Waals surface area contributed by atoms with Crippen molar-refractivity contribution in [2.24, 2.45) is 5.41 Å². The summed E-state index contributed by atoms with van der Waals surface area (Å²) < 4.78 is 28.3. The molecule has 0 aliphatic carbocycles. The molecule has 2 atom stereocenters. The van der Waals surface area contributed by atoms with Crippen LogP contribution in [-0.4, -0.2) is 48.4 Å². The molecule has 1 aliphatic heterocycles. The summed E-state index contributed by atoms with van der Waals surface area (Å²) in [4.78, 5) is 26.3. The SMILES string of the molecule is CC(C)(C)[C@@](C)(C(=O)O)N1CC[C@H](NS(=O)(=O)c2ccc3cc(Cl)ccc3c2)C1=O. The molecule has 30 heavy (non-hydrogen) atoms. The number of fused-ring (bicyclic) bond motifs is 1. The van der Waals surface area contributed by atoms with Gasteiger partial charge in [-0.3, -0.25) is 4.79 Å². The number of hydrogen-bond acceptors (Lipinski definition) is 4. The fraction of sp³-hybridized carbons (Fsp3) is 0.429. The Labute approximate surface area is 181 Å². The lowest BCUT2D eigenvalue weighted by Crippen LogP contribution is -2.62. The number of carboxylic acid groups (broad SMARTS) is 1. The Balaban J connectivity index is 1.87. The van der Waals surface area contributed by atoms with Crippen LogP contribution in [0.2, 0.25) is 5.02 Å². The molecule has 1 fully saturated rings. The highest BCUT2D eigenvalue weighted by atomic mass is 35.5. The summed E-state index contributed by atoms with van der Waals surface area (Å²) in [6.45, 7) is 6.88. The first kappa shape index (κ1) is 22.5. The van der Waals surface area contributed by atoms with Crippen LogP contribution in [-0.2, 0) is 19.6 Å². The fourth-order valence-electron chi connectivity index (χ4n) is 3.69. The molecule has 3 rings (SSSR count). The molecule has 0 bridgehead atoms. The molecule has 0 unspecified atom stereocenters. The lowest BCUT2D eigenvalue weighted by Gasteiger charge is -2.44. The van der Waals surface area contributed by atoms with Gasteiger partial charge in [-0.2, -0.15) is 4.72 Å². The van der Waals surface area contributed by atoms with Gasteiger partial charge in [0.25, 0.3) is 0 Å². The van der Waals surface area contributed by atoms with E-state index in [1.54, 1.807) is 45.0 Å². The summed E-state index contributed by atoms with van der Waals surface area (Å²) in [5.74, 6) is -1.66. The van der Waals surface area contributed by atoms with Crippen LogP contribution in [0.15, 0.2) is 41.3 Å². The van der Waals surface area contributed by atoms with Crippen LogP contribution in [0.25, 0.3) is 10.8 Å². The highest BCUT2D eigenvalue weighted by molar-refractivity contribution is 7.89. The van der Waals surface area contributed by atoms with E-state index >= 15 is 0 Å². The number of rotatable bonds is 5. The zero-order chi connectivity index (χ0) is 22.5. The molecule has 2 N–H and O–H groups in total. The van der Waals surface area contributed by atoms with Crippen LogP contribution in [0.1, 0.15) is 34.1 Å². The van der Waals surface area contributed by atoms with Crippen molar-refractivity contribution < 1.29 is 23.1 Å². The van der Waals surface area contributed by atoms with Gasteiger partial charge >= 0.3 is 5.97 Å². The number of sulfonamides is 1. The van der Waals surface area contributed by atoms with Crippen molar-refractivity contribution in [2.45, 2.75) is 50.6 Å². The van der Waals surface area contributed by atoms with E-state index in [9.17, 15) is 23.1 Å². The number of carbonyl (C=O) groups is 2. The summed E-state index contributed by atoms with van der Waals surface area (Å²) >= 11 is 5.97. The van der Waals surface area contributed by atoms with Gasteiger partial charge < -0.3 is 10.0 Å². The first-order chi connectivity index (χ1) is 13.8. The predicted octanol–water partition coefficient (Wildman–Crippen LogP) is 3.26. The third-order valence-electron chi connectivity index (χ3n) is 6.00. The lowest BCUT2D eigenvalue weighted by molar-refractivity contribution is -0.164. The van der Waals surface area contributed by atoms with Crippen LogP contribution < -0.4 is 4.72 Å². The highest BCUT2D eigenvalue weighted by Crippen LogP contribution is 2.38. The minimum Gasteiger partial charge on any atom is -0.479 e. The summed E-state index contributed by atoms with van der Waals surface area (Å²) in [6, 6.07) is 8.73. The zero-order valence-corrected chi connectivity index (χ0v) is 18.8. The number of amides is 1. The van der Waals surface area contributed by atoms with Crippen molar-refractivity contribution in [2.75, 3.05) is 6.54 Å². The molecule has 9 heteroatoms. The Morgan fingerprint density at radius 2 is 1.73 bits per heavy atom. The van der Waals surface area contributed by atoms with E-state index in [1.165, 1.54) is 24.0 Å². The van der Waals surface area contributed by atoms with Crippen molar-refractivity contribution in [1.29, 1.82) is 0 Å². The van der Waals surface area contributed by atoms with Gasteiger partial charge in [0, 0.05) is 11.6 Å². The van der Waals surface area contributed by atoms with Crippen LogP contribution in [0, 0.1) is 5.41 Å². The van der Waals surface area contributed by atoms with Gasteiger partial charge in [0.2, 0.25) is 15.9 Å². The minimum atomic E-state index is -3.98. The summed E-state index contributed by atoms with van der Waals surface area (Å²) in [6.07, 6.45) is 0.195. The van der Waals surface area contributed by atoms with E-state index in [0.717, 1.165) is 5.39 Å². The van der Waals surface area contributed by atoms with Gasteiger partial charge in [0.05, 0.1) is 4.90 Å². The van der Waals surface area contributed by atoms with E-state index in [2.05, 4.69) is 4.72 Å². The van der Waals surface area contributed by atoms with E-state index in [4.69, 9.17) is 11.6 Å². The smallest absolute Gasteiger partial charge is 0.329 e. The van der Waals surface area contributed by atoms with Gasteiger partial charge in [-0.05, 0) is 53.8 Å². The maximum Gasteiger partial charge on any atom is 0.329 e. The molecule has 1 heterocycles. The maximum atomic E-state index is 13.0. The molecule has 1 saturated heterocycles. The number of halogens is 1. The van der Waals surface area contributed by atoms with E-state index in [1.807, 2.05) is 0 Å². The van der Waals surface area contributed by atoms with Crippen molar-refractivity contribution in [3.63, 3.8) is 0 Å². The fourth-order valence-corrected chi connectivity index (χ4v) is 5.13. The van der Waals surface area contributed by atoms with Crippen LogP contribution >= 0.6 is 11.6 Å². The molecule has 1 amide bonds.